The van der Waals surface area contributed by atoms with Crippen LogP contribution in [0.4, 0.5) is 0 Å². The fourth-order valence-corrected chi connectivity index (χ4v) is 1.38. The largest absolute Gasteiger partial charge is 1.00 e. The Morgan fingerprint density at radius 2 is 2.17 bits per heavy atom. The molecule has 0 nitrogen and oxygen atoms in total. The van der Waals surface area contributed by atoms with Crippen LogP contribution in [0.2, 0.25) is 0 Å². The molecule has 1 heteroatoms. The van der Waals surface area contributed by atoms with Gasteiger partial charge < -0.3 is 0 Å². The Bertz CT molecular complexity index is 156. The summed E-state index contributed by atoms with van der Waals surface area (Å²) in [5.41, 5.74) is 1.50. The summed E-state index contributed by atoms with van der Waals surface area (Å²) in [6.45, 7) is 2.25. The molecular formula is C11H17K. The molecule has 0 saturated heterocycles. The van der Waals surface area contributed by atoms with Gasteiger partial charge in [-0.05, 0) is 0 Å². The molecule has 0 heterocycles. The minimum absolute atomic E-state index is 0. The molecular weight excluding hydrogens is 171 g/mol. The van der Waals surface area contributed by atoms with Crippen molar-refractivity contribution in [2.75, 3.05) is 0 Å². The Balaban J connectivity index is 0.00000121. The molecule has 0 amide bonds. The van der Waals surface area contributed by atoms with E-state index in [1.54, 1.807) is 0 Å². The number of hydrogen-bond acceptors (Lipinski definition) is 0. The van der Waals surface area contributed by atoms with Gasteiger partial charge in [-0.1, -0.05) is 45.4 Å². The maximum Gasteiger partial charge on any atom is 1.00 e. The zero-order valence-electron chi connectivity index (χ0n) is 8.40. The van der Waals surface area contributed by atoms with E-state index in [2.05, 4.69) is 25.2 Å². The van der Waals surface area contributed by atoms with Crippen LogP contribution in [0.25, 0.3) is 0 Å². The number of allylic oxidation sites excluding steroid dienone is 4. The molecule has 0 atom stereocenters. The van der Waals surface area contributed by atoms with E-state index in [-0.39, 0.29) is 51.4 Å². The third kappa shape index (κ3) is 5.71. The second-order valence-corrected chi connectivity index (χ2v) is 3.17. The average molecular weight is 188 g/mol. The Labute approximate surface area is 119 Å². The summed E-state index contributed by atoms with van der Waals surface area (Å²) in [5, 5.41) is 0. The van der Waals surface area contributed by atoms with E-state index in [1.165, 1.54) is 37.7 Å². The fraction of sp³-hybridized carbons (Fsp3) is 0.636. The fourth-order valence-electron chi connectivity index (χ4n) is 1.38. The molecule has 1 aliphatic rings. The maximum atomic E-state index is 3.27. The van der Waals surface area contributed by atoms with E-state index >= 15 is 0 Å². The predicted octanol–water partition coefficient (Wildman–Crippen LogP) is 0.650. The van der Waals surface area contributed by atoms with Gasteiger partial charge in [0.1, 0.15) is 0 Å². The van der Waals surface area contributed by atoms with Crippen molar-refractivity contribution in [1.29, 1.82) is 0 Å². The summed E-state index contributed by atoms with van der Waals surface area (Å²) < 4.78 is 0. The standard InChI is InChI=1S/C11H17.K/c1-2-3-4-5-8-11-9-6-7-10-11;/h6-7H,2-5,8-9H2,1H3;/q-1;+1. The zero-order chi connectivity index (χ0) is 7.94. The van der Waals surface area contributed by atoms with Gasteiger partial charge in [-0.3, -0.25) is 6.08 Å². The van der Waals surface area contributed by atoms with Gasteiger partial charge in [0.15, 0.2) is 0 Å². The van der Waals surface area contributed by atoms with Gasteiger partial charge >= 0.3 is 51.4 Å². The topological polar surface area (TPSA) is 0 Å². The van der Waals surface area contributed by atoms with Crippen molar-refractivity contribution in [3.63, 3.8) is 0 Å². The molecule has 0 saturated carbocycles. The van der Waals surface area contributed by atoms with E-state index in [0.717, 1.165) is 6.42 Å². The summed E-state index contributed by atoms with van der Waals surface area (Å²) in [6.07, 6.45) is 15.4. The van der Waals surface area contributed by atoms with Crippen molar-refractivity contribution in [1.82, 2.24) is 0 Å². The Morgan fingerprint density at radius 3 is 2.75 bits per heavy atom. The Kier molecular flexibility index (Phi) is 9.51. The van der Waals surface area contributed by atoms with Crippen molar-refractivity contribution in [3.05, 3.63) is 23.8 Å². The molecule has 0 radical (unpaired) electrons. The molecule has 12 heavy (non-hydrogen) atoms. The minimum Gasteiger partial charge on any atom is -0.253 e. The van der Waals surface area contributed by atoms with E-state index < -0.39 is 0 Å². The van der Waals surface area contributed by atoms with Crippen LogP contribution in [0.5, 0.6) is 0 Å². The van der Waals surface area contributed by atoms with E-state index in [4.69, 9.17) is 0 Å². The molecule has 0 aliphatic heterocycles. The van der Waals surface area contributed by atoms with Gasteiger partial charge in [0, 0.05) is 0 Å². The van der Waals surface area contributed by atoms with Gasteiger partial charge in [-0.25, -0.2) is 12.2 Å². The van der Waals surface area contributed by atoms with Crippen LogP contribution in [0.1, 0.15) is 45.4 Å². The predicted molar refractivity (Wildman–Crippen MR) is 49.3 cm³/mol. The molecule has 1 rings (SSSR count). The third-order valence-electron chi connectivity index (χ3n) is 2.10. The number of unbranched alkanes of at least 4 members (excludes halogenated alkanes) is 3. The monoisotopic (exact) mass is 188 g/mol. The molecule has 0 spiro atoms. The average Bonchev–Trinajstić information content (AvgIpc) is 2.50. The number of rotatable bonds is 5. The summed E-state index contributed by atoms with van der Waals surface area (Å²) in [7, 11) is 0. The van der Waals surface area contributed by atoms with Crippen LogP contribution >= 0.6 is 0 Å². The molecule has 0 fully saturated rings. The van der Waals surface area contributed by atoms with E-state index in [9.17, 15) is 0 Å². The molecule has 62 valence electrons. The van der Waals surface area contributed by atoms with Crippen LogP contribution in [0.3, 0.4) is 0 Å². The third-order valence-corrected chi connectivity index (χ3v) is 2.10. The molecule has 0 aromatic rings. The van der Waals surface area contributed by atoms with Crippen molar-refractivity contribution in [2.24, 2.45) is 0 Å². The molecule has 0 N–H and O–H groups in total. The van der Waals surface area contributed by atoms with Gasteiger partial charge in [-0.15, -0.1) is 0 Å². The van der Waals surface area contributed by atoms with Crippen molar-refractivity contribution in [3.8, 4) is 0 Å². The molecule has 0 aromatic heterocycles. The molecule has 1 aliphatic carbocycles. The Morgan fingerprint density at radius 1 is 1.33 bits per heavy atom. The van der Waals surface area contributed by atoms with Crippen LogP contribution in [-0.2, 0) is 0 Å². The first-order chi connectivity index (χ1) is 5.43. The number of hydrogen-bond donors (Lipinski definition) is 0. The van der Waals surface area contributed by atoms with Gasteiger partial charge in [0.25, 0.3) is 0 Å². The zero-order valence-corrected chi connectivity index (χ0v) is 11.5. The first-order valence-electron chi connectivity index (χ1n) is 4.69. The second kappa shape index (κ2) is 8.70. The second-order valence-electron chi connectivity index (χ2n) is 3.17. The van der Waals surface area contributed by atoms with Crippen LogP contribution in [-0.4, -0.2) is 0 Å². The van der Waals surface area contributed by atoms with E-state index in [1.807, 2.05) is 0 Å². The summed E-state index contributed by atoms with van der Waals surface area (Å²) >= 11 is 0. The van der Waals surface area contributed by atoms with Crippen molar-refractivity contribution in [2.45, 2.75) is 45.4 Å². The van der Waals surface area contributed by atoms with Gasteiger partial charge in [0.2, 0.25) is 0 Å². The summed E-state index contributed by atoms with van der Waals surface area (Å²) in [5.74, 6) is 0. The quantitative estimate of drug-likeness (QED) is 0.338. The minimum atomic E-state index is 0. The van der Waals surface area contributed by atoms with Crippen LogP contribution in [0.15, 0.2) is 17.7 Å². The van der Waals surface area contributed by atoms with Crippen molar-refractivity contribution < 1.29 is 51.4 Å². The van der Waals surface area contributed by atoms with Crippen molar-refractivity contribution >= 4 is 0 Å². The smallest absolute Gasteiger partial charge is 0.253 e. The summed E-state index contributed by atoms with van der Waals surface area (Å²) in [6, 6.07) is 0. The Hall–Kier alpha value is 1.12. The van der Waals surface area contributed by atoms with E-state index in [0.29, 0.717) is 0 Å². The normalized spacial score (nSPS) is 14.2. The SMILES string of the molecule is CCCCCCC1=[C-]C=CC1.[K+]. The molecule has 0 bridgehead atoms. The first kappa shape index (κ1) is 13.1. The van der Waals surface area contributed by atoms with Gasteiger partial charge in [0.05, 0.1) is 0 Å². The summed E-state index contributed by atoms with van der Waals surface area (Å²) in [4.78, 5) is 0. The maximum absolute atomic E-state index is 3.27. The van der Waals surface area contributed by atoms with Crippen LogP contribution in [0, 0.1) is 6.08 Å². The van der Waals surface area contributed by atoms with Gasteiger partial charge in [-0.2, -0.15) is 5.57 Å². The molecule has 0 unspecified atom stereocenters. The first-order valence-corrected chi connectivity index (χ1v) is 4.69. The van der Waals surface area contributed by atoms with Crippen LogP contribution < -0.4 is 51.4 Å². The molecule has 0 aromatic carbocycles.